The van der Waals surface area contributed by atoms with E-state index in [1.54, 1.807) is 36.4 Å². The lowest BCUT2D eigenvalue weighted by Gasteiger charge is -2.04. The van der Waals surface area contributed by atoms with Crippen LogP contribution >= 0.6 is 0 Å². The van der Waals surface area contributed by atoms with Crippen molar-refractivity contribution in [3.8, 4) is 17.2 Å². The Balaban J connectivity index is 1.50. The normalized spacial score (nSPS) is 10.9. The number of aromatic nitrogens is 2. The maximum Gasteiger partial charge on any atom is 0.336 e. The summed E-state index contributed by atoms with van der Waals surface area (Å²) in [7, 11) is 0. The molecule has 0 N–H and O–H groups in total. The first-order chi connectivity index (χ1) is 12.2. The highest BCUT2D eigenvalue weighted by molar-refractivity contribution is 5.77. The molecule has 2 aromatic carbocycles. The molecule has 2 heterocycles. The van der Waals surface area contributed by atoms with Crippen LogP contribution < -0.4 is 10.4 Å². The van der Waals surface area contributed by atoms with E-state index in [0.29, 0.717) is 16.9 Å². The van der Waals surface area contributed by atoms with Crippen molar-refractivity contribution in [1.29, 1.82) is 0 Å². The van der Waals surface area contributed by atoms with E-state index < -0.39 is 5.63 Å². The lowest BCUT2D eigenvalue weighted by Crippen LogP contribution is -1.97. The van der Waals surface area contributed by atoms with Crippen LogP contribution in [0.1, 0.15) is 5.89 Å². The number of hydrogen-bond acceptors (Lipinski definition) is 6. The van der Waals surface area contributed by atoms with Gasteiger partial charge in [0.15, 0.2) is 6.61 Å². The van der Waals surface area contributed by atoms with E-state index >= 15 is 0 Å². The lowest BCUT2D eigenvalue weighted by molar-refractivity contribution is 0.264. The second-order valence-electron chi connectivity index (χ2n) is 5.25. The van der Waals surface area contributed by atoms with Crippen LogP contribution in [0.25, 0.3) is 22.4 Å². The average Bonchev–Trinajstić information content (AvgIpc) is 3.09. The van der Waals surface area contributed by atoms with Crippen LogP contribution in [0.3, 0.4) is 0 Å². The highest BCUT2D eigenvalue weighted by Crippen LogP contribution is 2.22. The number of rotatable bonds is 4. The number of ether oxygens (including phenoxy) is 1. The lowest BCUT2D eigenvalue weighted by atomic mass is 10.2. The van der Waals surface area contributed by atoms with E-state index in [9.17, 15) is 9.18 Å². The number of hydrogen-bond donors (Lipinski definition) is 0. The van der Waals surface area contributed by atoms with Crippen molar-refractivity contribution in [2.45, 2.75) is 6.61 Å². The van der Waals surface area contributed by atoms with Crippen LogP contribution in [0.5, 0.6) is 5.75 Å². The Labute approximate surface area is 140 Å². The first kappa shape index (κ1) is 15.1. The summed E-state index contributed by atoms with van der Waals surface area (Å²) >= 11 is 0. The molecule has 0 saturated heterocycles. The Morgan fingerprint density at radius 2 is 1.76 bits per heavy atom. The molecule has 0 atom stereocenters. The monoisotopic (exact) mass is 338 g/mol. The van der Waals surface area contributed by atoms with Gasteiger partial charge in [0.2, 0.25) is 5.89 Å². The Bertz CT molecular complexity index is 1090. The predicted molar refractivity (Wildman–Crippen MR) is 86.5 cm³/mol. The van der Waals surface area contributed by atoms with Crippen LogP contribution in [-0.2, 0) is 6.61 Å². The van der Waals surface area contributed by atoms with Gasteiger partial charge < -0.3 is 13.6 Å². The Morgan fingerprint density at radius 1 is 0.960 bits per heavy atom. The molecule has 124 valence electrons. The van der Waals surface area contributed by atoms with E-state index in [1.165, 1.54) is 18.2 Å². The van der Waals surface area contributed by atoms with Gasteiger partial charge in [0.1, 0.15) is 17.1 Å². The Kier molecular flexibility index (Phi) is 3.74. The topological polar surface area (TPSA) is 78.4 Å². The molecule has 25 heavy (non-hydrogen) atoms. The van der Waals surface area contributed by atoms with Gasteiger partial charge in [-0.1, -0.05) is 0 Å². The van der Waals surface area contributed by atoms with Crippen LogP contribution in [0.15, 0.2) is 68.2 Å². The van der Waals surface area contributed by atoms with E-state index in [-0.39, 0.29) is 24.2 Å². The third-order valence-electron chi connectivity index (χ3n) is 3.51. The first-order valence-corrected chi connectivity index (χ1v) is 7.42. The average molecular weight is 338 g/mol. The number of nitrogens with zero attached hydrogens (tertiary/aromatic N) is 2. The van der Waals surface area contributed by atoms with E-state index in [1.807, 2.05) is 0 Å². The Hall–Kier alpha value is -3.48. The minimum atomic E-state index is -0.425. The zero-order chi connectivity index (χ0) is 17.2. The molecule has 6 nitrogen and oxygen atoms in total. The molecule has 0 bridgehead atoms. The van der Waals surface area contributed by atoms with Gasteiger partial charge >= 0.3 is 5.63 Å². The van der Waals surface area contributed by atoms with E-state index in [0.717, 1.165) is 5.39 Å². The Morgan fingerprint density at radius 3 is 2.60 bits per heavy atom. The van der Waals surface area contributed by atoms with Gasteiger partial charge in [-0.3, -0.25) is 0 Å². The number of fused-ring (bicyclic) bond motifs is 1. The molecule has 0 unspecified atom stereocenters. The summed E-state index contributed by atoms with van der Waals surface area (Å²) in [6.45, 7) is 0.0523. The summed E-state index contributed by atoms with van der Waals surface area (Å²) in [5.41, 5.74) is 0.626. The number of halogens is 1. The maximum atomic E-state index is 12.9. The van der Waals surface area contributed by atoms with Crippen molar-refractivity contribution in [2.75, 3.05) is 0 Å². The quantitative estimate of drug-likeness (QED) is 0.529. The van der Waals surface area contributed by atoms with Crippen LogP contribution in [0, 0.1) is 5.82 Å². The molecule has 0 saturated carbocycles. The summed E-state index contributed by atoms with van der Waals surface area (Å²) in [6.07, 6.45) is 0. The standard InChI is InChI=1S/C18H11FN2O4/c19-13-5-1-12(2-6-13)18-21-20-16(25-18)10-23-14-7-3-11-4-8-17(22)24-15(11)9-14/h1-9H,10H2. The third-order valence-corrected chi connectivity index (χ3v) is 3.51. The molecule has 0 fully saturated rings. The minimum Gasteiger partial charge on any atom is -0.484 e. The van der Waals surface area contributed by atoms with Gasteiger partial charge in [0, 0.05) is 23.1 Å². The summed E-state index contributed by atoms with van der Waals surface area (Å²) in [5.74, 6) is 0.718. The van der Waals surface area contributed by atoms with Gasteiger partial charge in [-0.25, -0.2) is 9.18 Å². The fraction of sp³-hybridized carbons (Fsp3) is 0.0556. The summed E-state index contributed by atoms with van der Waals surface area (Å²) in [5, 5.41) is 8.60. The van der Waals surface area contributed by atoms with Gasteiger partial charge in [0.25, 0.3) is 5.89 Å². The first-order valence-electron chi connectivity index (χ1n) is 7.42. The zero-order valence-electron chi connectivity index (χ0n) is 12.8. The molecule has 4 aromatic rings. The van der Waals surface area contributed by atoms with Gasteiger partial charge in [-0.15, -0.1) is 10.2 Å². The second kappa shape index (κ2) is 6.20. The van der Waals surface area contributed by atoms with Crippen molar-refractivity contribution in [3.05, 3.63) is 76.7 Å². The van der Waals surface area contributed by atoms with Crippen molar-refractivity contribution >= 4 is 11.0 Å². The van der Waals surface area contributed by atoms with Gasteiger partial charge in [-0.05, 0) is 42.5 Å². The highest BCUT2D eigenvalue weighted by Gasteiger charge is 2.10. The van der Waals surface area contributed by atoms with Crippen molar-refractivity contribution in [3.63, 3.8) is 0 Å². The van der Waals surface area contributed by atoms with Crippen LogP contribution in [0.4, 0.5) is 4.39 Å². The molecule has 0 aliphatic heterocycles. The third kappa shape index (κ3) is 3.25. The molecular formula is C18H11FN2O4. The molecule has 0 amide bonds. The molecule has 0 radical (unpaired) electrons. The second-order valence-corrected chi connectivity index (χ2v) is 5.25. The van der Waals surface area contributed by atoms with Crippen LogP contribution in [0.2, 0.25) is 0 Å². The molecule has 4 rings (SSSR count). The fourth-order valence-electron chi connectivity index (χ4n) is 2.30. The van der Waals surface area contributed by atoms with Crippen LogP contribution in [-0.4, -0.2) is 10.2 Å². The van der Waals surface area contributed by atoms with Gasteiger partial charge in [-0.2, -0.15) is 0 Å². The molecule has 0 aliphatic rings. The summed E-state index contributed by atoms with van der Waals surface area (Å²) in [6, 6.07) is 13.9. The zero-order valence-corrected chi connectivity index (χ0v) is 12.8. The molecule has 2 aromatic heterocycles. The largest absolute Gasteiger partial charge is 0.484 e. The molecule has 7 heteroatoms. The fourth-order valence-corrected chi connectivity index (χ4v) is 2.30. The predicted octanol–water partition coefficient (Wildman–Crippen LogP) is 3.56. The summed E-state index contributed by atoms with van der Waals surface area (Å²) < 4.78 is 29.1. The van der Waals surface area contributed by atoms with Crippen molar-refractivity contribution in [1.82, 2.24) is 10.2 Å². The van der Waals surface area contributed by atoms with Crippen molar-refractivity contribution < 1.29 is 18.0 Å². The maximum absolute atomic E-state index is 12.9. The SMILES string of the molecule is O=c1ccc2ccc(OCc3nnc(-c4ccc(F)cc4)o3)cc2o1. The van der Waals surface area contributed by atoms with E-state index in [4.69, 9.17) is 13.6 Å². The van der Waals surface area contributed by atoms with Crippen molar-refractivity contribution in [2.24, 2.45) is 0 Å². The highest BCUT2D eigenvalue weighted by atomic mass is 19.1. The van der Waals surface area contributed by atoms with E-state index in [2.05, 4.69) is 10.2 Å². The molecule has 0 spiro atoms. The smallest absolute Gasteiger partial charge is 0.336 e. The molecular weight excluding hydrogens is 327 g/mol. The molecule has 0 aliphatic carbocycles. The summed E-state index contributed by atoms with van der Waals surface area (Å²) in [4.78, 5) is 11.3. The number of benzene rings is 2. The minimum absolute atomic E-state index is 0.0523. The van der Waals surface area contributed by atoms with Gasteiger partial charge in [0.05, 0.1) is 0 Å².